The predicted octanol–water partition coefficient (Wildman–Crippen LogP) is 1.32. The van der Waals surface area contributed by atoms with E-state index in [1.165, 1.54) is 6.07 Å². The molecule has 1 N–H and O–H groups in total. The summed E-state index contributed by atoms with van der Waals surface area (Å²) in [5, 5.41) is 14.0. The fraction of sp³-hybridized carbons (Fsp3) is 0.385. The smallest absolute Gasteiger partial charge is 0.213 e. The molecule has 2 aromatic rings. The number of halogens is 1. The molecule has 18 heavy (non-hydrogen) atoms. The van der Waals surface area contributed by atoms with Gasteiger partial charge in [-0.2, -0.15) is 9.49 Å². The summed E-state index contributed by atoms with van der Waals surface area (Å²) in [6.07, 6.45) is 3.89. The number of nitrogens with zero attached hydrogens (tertiary/aromatic N) is 3. The SMILES string of the molecule is OC1CCc2nn(Cc3cccc(F)n3)cc2C1. The molecule has 0 fully saturated rings. The van der Waals surface area contributed by atoms with Crippen LogP contribution in [0.5, 0.6) is 0 Å². The molecule has 0 spiro atoms. The highest BCUT2D eigenvalue weighted by molar-refractivity contribution is 5.21. The van der Waals surface area contributed by atoms with Gasteiger partial charge in [-0.05, 0) is 30.5 Å². The second kappa shape index (κ2) is 4.49. The van der Waals surface area contributed by atoms with Crippen LogP contribution in [0.1, 0.15) is 23.4 Å². The van der Waals surface area contributed by atoms with Gasteiger partial charge in [-0.1, -0.05) is 6.07 Å². The third-order valence-electron chi connectivity index (χ3n) is 3.19. The van der Waals surface area contributed by atoms with Crippen molar-refractivity contribution >= 4 is 0 Å². The van der Waals surface area contributed by atoms with Crippen molar-refractivity contribution in [2.75, 3.05) is 0 Å². The Morgan fingerprint density at radius 1 is 1.44 bits per heavy atom. The van der Waals surface area contributed by atoms with Crippen molar-refractivity contribution in [1.82, 2.24) is 14.8 Å². The normalized spacial score (nSPS) is 18.7. The molecule has 1 aliphatic carbocycles. The van der Waals surface area contributed by atoms with Crippen LogP contribution in [0.3, 0.4) is 0 Å². The lowest BCUT2D eigenvalue weighted by atomic mass is 9.96. The van der Waals surface area contributed by atoms with Gasteiger partial charge in [-0.15, -0.1) is 0 Å². The number of pyridine rings is 1. The summed E-state index contributed by atoms with van der Waals surface area (Å²) >= 11 is 0. The molecule has 0 saturated carbocycles. The van der Waals surface area contributed by atoms with Crippen molar-refractivity contribution in [1.29, 1.82) is 0 Å². The van der Waals surface area contributed by atoms with E-state index < -0.39 is 5.95 Å². The molecule has 3 rings (SSSR count). The highest BCUT2D eigenvalue weighted by Gasteiger charge is 2.19. The zero-order valence-electron chi connectivity index (χ0n) is 9.88. The highest BCUT2D eigenvalue weighted by atomic mass is 19.1. The third-order valence-corrected chi connectivity index (χ3v) is 3.19. The number of fused-ring (bicyclic) bond motifs is 1. The maximum atomic E-state index is 13.0. The first kappa shape index (κ1) is 11.3. The summed E-state index contributed by atoms with van der Waals surface area (Å²) in [6.45, 7) is 0.459. The fourth-order valence-corrected chi connectivity index (χ4v) is 2.33. The van der Waals surface area contributed by atoms with E-state index >= 15 is 0 Å². The molecule has 0 saturated heterocycles. The zero-order valence-corrected chi connectivity index (χ0v) is 9.88. The average Bonchev–Trinajstić information content (AvgIpc) is 2.70. The van der Waals surface area contributed by atoms with Crippen molar-refractivity contribution in [3.8, 4) is 0 Å². The highest BCUT2D eigenvalue weighted by Crippen LogP contribution is 2.20. The van der Waals surface area contributed by atoms with E-state index in [0.717, 1.165) is 24.1 Å². The van der Waals surface area contributed by atoms with Gasteiger partial charge >= 0.3 is 0 Å². The minimum atomic E-state index is -0.472. The maximum absolute atomic E-state index is 13.0. The second-order valence-electron chi connectivity index (χ2n) is 4.65. The molecule has 4 nitrogen and oxygen atoms in total. The largest absolute Gasteiger partial charge is 0.393 e. The molecule has 0 aliphatic heterocycles. The Hall–Kier alpha value is -1.75. The first-order valence-corrected chi connectivity index (χ1v) is 6.05. The molecule has 1 atom stereocenters. The van der Waals surface area contributed by atoms with Crippen LogP contribution in [0.25, 0.3) is 0 Å². The summed E-state index contributed by atoms with van der Waals surface area (Å²) in [5.41, 5.74) is 2.78. The van der Waals surface area contributed by atoms with Gasteiger partial charge in [0.05, 0.1) is 24.0 Å². The van der Waals surface area contributed by atoms with Gasteiger partial charge in [0.25, 0.3) is 0 Å². The quantitative estimate of drug-likeness (QED) is 0.814. The van der Waals surface area contributed by atoms with Gasteiger partial charge in [0.15, 0.2) is 0 Å². The zero-order chi connectivity index (χ0) is 12.5. The number of hydrogen-bond donors (Lipinski definition) is 1. The molecule has 1 unspecified atom stereocenters. The van der Waals surface area contributed by atoms with Crippen molar-refractivity contribution in [2.45, 2.75) is 31.9 Å². The van der Waals surface area contributed by atoms with Crippen molar-refractivity contribution in [3.05, 3.63) is 47.3 Å². The molecule has 0 amide bonds. The third kappa shape index (κ3) is 2.26. The van der Waals surface area contributed by atoms with E-state index in [0.29, 0.717) is 18.7 Å². The maximum Gasteiger partial charge on any atom is 0.213 e. The Labute approximate surface area is 104 Å². The first-order chi connectivity index (χ1) is 8.70. The van der Waals surface area contributed by atoms with E-state index in [-0.39, 0.29) is 6.10 Å². The summed E-state index contributed by atoms with van der Waals surface area (Å²) in [4.78, 5) is 3.81. The van der Waals surface area contributed by atoms with E-state index in [1.807, 2.05) is 6.20 Å². The summed E-state index contributed by atoms with van der Waals surface area (Å²) < 4.78 is 14.7. The molecule has 0 radical (unpaired) electrons. The van der Waals surface area contributed by atoms with Gasteiger partial charge < -0.3 is 5.11 Å². The van der Waals surface area contributed by atoms with E-state index in [4.69, 9.17) is 0 Å². The minimum absolute atomic E-state index is 0.262. The van der Waals surface area contributed by atoms with Gasteiger partial charge in [0.2, 0.25) is 5.95 Å². The van der Waals surface area contributed by atoms with Crippen molar-refractivity contribution in [2.24, 2.45) is 0 Å². The predicted molar refractivity (Wildman–Crippen MR) is 63.6 cm³/mol. The van der Waals surface area contributed by atoms with E-state index in [9.17, 15) is 9.50 Å². The van der Waals surface area contributed by atoms with Crippen LogP contribution < -0.4 is 0 Å². The van der Waals surface area contributed by atoms with E-state index in [2.05, 4.69) is 10.1 Å². The lowest BCUT2D eigenvalue weighted by molar-refractivity contribution is 0.158. The molecule has 1 aliphatic rings. The Bertz CT molecular complexity index is 567. The topological polar surface area (TPSA) is 50.9 Å². The number of aromatic nitrogens is 3. The number of aryl methyl sites for hydroxylation is 1. The van der Waals surface area contributed by atoms with Crippen molar-refractivity contribution < 1.29 is 9.50 Å². The number of aliphatic hydroxyl groups excluding tert-OH is 1. The lowest BCUT2D eigenvalue weighted by Gasteiger charge is -2.14. The molecular weight excluding hydrogens is 233 g/mol. The van der Waals surface area contributed by atoms with Crippen LogP contribution in [0.2, 0.25) is 0 Å². The Balaban J connectivity index is 1.82. The Morgan fingerprint density at radius 3 is 3.17 bits per heavy atom. The standard InChI is InChI=1S/C13H14FN3O/c14-13-3-1-2-10(15-13)8-17-7-9-6-11(18)4-5-12(9)16-17/h1-3,7,11,18H,4-6,8H2. The molecule has 2 heterocycles. The van der Waals surface area contributed by atoms with Gasteiger partial charge in [-0.25, -0.2) is 4.98 Å². The van der Waals surface area contributed by atoms with Crippen LogP contribution in [-0.4, -0.2) is 26.0 Å². The van der Waals surface area contributed by atoms with Crippen LogP contribution in [0.4, 0.5) is 4.39 Å². The van der Waals surface area contributed by atoms with Gasteiger partial charge in [-0.3, -0.25) is 4.68 Å². The van der Waals surface area contributed by atoms with Crippen LogP contribution in [0.15, 0.2) is 24.4 Å². The second-order valence-corrected chi connectivity index (χ2v) is 4.65. The molecule has 0 aromatic carbocycles. The average molecular weight is 247 g/mol. The van der Waals surface area contributed by atoms with Crippen molar-refractivity contribution in [3.63, 3.8) is 0 Å². The fourth-order valence-electron chi connectivity index (χ4n) is 2.33. The minimum Gasteiger partial charge on any atom is -0.393 e. The van der Waals surface area contributed by atoms with Crippen LogP contribution in [0, 0.1) is 5.95 Å². The number of hydrogen-bond acceptors (Lipinski definition) is 3. The molecule has 5 heteroatoms. The van der Waals surface area contributed by atoms with Crippen LogP contribution in [-0.2, 0) is 19.4 Å². The molecular formula is C13H14FN3O. The Morgan fingerprint density at radius 2 is 2.33 bits per heavy atom. The monoisotopic (exact) mass is 247 g/mol. The van der Waals surface area contributed by atoms with Crippen LogP contribution >= 0.6 is 0 Å². The number of rotatable bonds is 2. The summed E-state index contributed by atoms with van der Waals surface area (Å²) in [5.74, 6) is -0.472. The first-order valence-electron chi connectivity index (χ1n) is 6.05. The molecule has 2 aromatic heterocycles. The van der Waals surface area contributed by atoms with Gasteiger partial charge in [0.1, 0.15) is 0 Å². The summed E-state index contributed by atoms with van der Waals surface area (Å²) in [7, 11) is 0. The number of aliphatic hydroxyl groups is 1. The lowest BCUT2D eigenvalue weighted by Crippen LogP contribution is -2.17. The molecule has 0 bridgehead atoms. The summed E-state index contributed by atoms with van der Waals surface area (Å²) in [6, 6.07) is 4.75. The van der Waals surface area contributed by atoms with E-state index in [1.54, 1.807) is 16.8 Å². The van der Waals surface area contributed by atoms with Gasteiger partial charge in [0, 0.05) is 12.6 Å². The Kier molecular flexibility index (Phi) is 2.83. The molecule has 94 valence electrons.